The number of benzene rings is 1. The van der Waals surface area contributed by atoms with Gasteiger partial charge in [0.05, 0.1) is 0 Å². The first-order chi connectivity index (χ1) is 13.9. The minimum atomic E-state index is -0.601. The van der Waals surface area contributed by atoms with Crippen LogP contribution in [0.1, 0.15) is 5.56 Å². The monoisotopic (exact) mass is 414 g/mol. The normalized spacial score (nSPS) is 10.6. The predicted octanol–water partition coefficient (Wildman–Crippen LogP) is 1.67. The van der Waals surface area contributed by atoms with E-state index < -0.39 is 5.97 Å². The first kappa shape index (κ1) is 20.5. The van der Waals surface area contributed by atoms with Crippen molar-refractivity contribution >= 4 is 28.9 Å². The Morgan fingerprint density at radius 2 is 1.90 bits per heavy atom. The lowest BCUT2D eigenvalue weighted by atomic mass is 10.2. The average molecular weight is 414 g/mol. The zero-order valence-electron chi connectivity index (χ0n) is 16.5. The van der Waals surface area contributed by atoms with Gasteiger partial charge in [0.15, 0.2) is 13.2 Å². The Hall–Kier alpha value is -3.27. The van der Waals surface area contributed by atoms with Crippen LogP contribution in [0.15, 0.2) is 41.1 Å². The highest BCUT2D eigenvalue weighted by Crippen LogP contribution is 2.16. The van der Waals surface area contributed by atoms with Gasteiger partial charge in [-0.15, -0.1) is 10.2 Å². The number of rotatable bonds is 8. The van der Waals surface area contributed by atoms with Gasteiger partial charge in [0.1, 0.15) is 0 Å². The number of anilines is 1. The molecule has 0 bridgehead atoms. The molecule has 0 atom stereocenters. The van der Waals surface area contributed by atoms with E-state index in [1.807, 2.05) is 60.1 Å². The number of thiophene rings is 1. The van der Waals surface area contributed by atoms with Crippen molar-refractivity contribution in [2.75, 3.05) is 32.6 Å². The summed E-state index contributed by atoms with van der Waals surface area (Å²) in [4.78, 5) is 28.9. The van der Waals surface area contributed by atoms with E-state index in [-0.39, 0.29) is 19.1 Å². The van der Waals surface area contributed by atoms with Crippen LogP contribution >= 0.6 is 11.3 Å². The molecule has 0 saturated carbocycles. The van der Waals surface area contributed by atoms with E-state index in [0.29, 0.717) is 12.4 Å². The van der Waals surface area contributed by atoms with E-state index >= 15 is 0 Å². The quantitative estimate of drug-likeness (QED) is 0.518. The molecule has 29 heavy (non-hydrogen) atoms. The first-order valence-corrected chi connectivity index (χ1v) is 9.83. The molecule has 152 valence electrons. The van der Waals surface area contributed by atoms with Gasteiger partial charge in [-0.2, -0.15) is 16.1 Å². The van der Waals surface area contributed by atoms with Gasteiger partial charge < -0.3 is 14.5 Å². The third kappa shape index (κ3) is 5.61. The van der Waals surface area contributed by atoms with E-state index in [1.165, 1.54) is 16.2 Å². The maximum atomic E-state index is 12.2. The number of carbonyl (C=O) groups is 2. The molecular weight excluding hydrogens is 392 g/mol. The number of hydrogen-bond acceptors (Lipinski definition) is 8. The number of ether oxygens (including phenoxy) is 1. The smallest absolute Gasteiger partial charge is 0.330 e. The SMILES string of the molecule is CN(Cc1ccc(N(C)C)cc1)C(=O)COC(=O)Cn1nnc(-c2ccsc2)n1. The van der Waals surface area contributed by atoms with Crippen molar-refractivity contribution < 1.29 is 14.3 Å². The minimum Gasteiger partial charge on any atom is -0.454 e. The highest BCUT2D eigenvalue weighted by molar-refractivity contribution is 7.08. The van der Waals surface area contributed by atoms with Crippen LogP contribution in [0.4, 0.5) is 5.69 Å². The molecule has 3 rings (SSSR count). The van der Waals surface area contributed by atoms with Crippen molar-refractivity contribution in [2.24, 2.45) is 0 Å². The van der Waals surface area contributed by atoms with Crippen molar-refractivity contribution in [1.82, 2.24) is 25.1 Å². The average Bonchev–Trinajstić information content (AvgIpc) is 3.38. The van der Waals surface area contributed by atoms with Crippen molar-refractivity contribution in [3.8, 4) is 11.4 Å². The summed E-state index contributed by atoms with van der Waals surface area (Å²) in [6, 6.07) is 9.78. The molecule has 0 aliphatic rings. The van der Waals surface area contributed by atoms with Crippen LogP contribution in [0.2, 0.25) is 0 Å². The number of amides is 1. The molecule has 2 heterocycles. The van der Waals surface area contributed by atoms with E-state index in [4.69, 9.17) is 4.74 Å². The lowest BCUT2D eigenvalue weighted by molar-refractivity contribution is -0.152. The molecule has 0 saturated heterocycles. The zero-order valence-corrected chi connectivity index (χ0v) is 17.3. The lowest BCUT2D eigenvalue weighted by Crippen LogP contribution is -2.31. The summed E-state index contributed by atoms with van der Waals surface area (Å²) in [5.74, 6) is -0.452. The van der Waals surface area contributed by atoms with Crippen LogP contribution in [-0.4, -0.2) is 64.7 Å². The van der Waals surface area contributed by atoms with E-state index in [1.54, 1.807) is 7.05 Å². The molecule has 2 aromatic heterocycles. The summed E-state index contributed by atoms with van der Waals surface area (Å²) in [5.41, 5.74) is 2.91. The van der Waals surface area contributed by atoms with Crippen molar-refractivity contribution in [3.63, 3.8) is 0 Å². The van der Waals surface area contributed by atoms with Crippen LogP contribution in [0.25, 0.3) is 11.4 Å². The van der Waals surface area contributed by atoms with Gasteiger partial charge in [-0.05, 0) is 34.4 Å². The lowest BCUT2D eigenvalue weighted by Gasteiger charge is -2.18. The van der Waals surface area contributed by atoms with Crippen LogP contribution in [0, 0.1) is 0 Å². The van der Waals surface area contributed by atoms with Crippen LogP contribution in [0.5, 0.6) is 0 Å². The summed E-state index contributed by atoms with van der Waals surface area (Å²) in [6.45, 7) is -0.115. The summed E-state index contributed by atoms with van der Waals surface area (Å²) < 4.78 is 5.05. The number of carbonyl (C=O) groups excluding carboxylic acids is 2. The fraction of sp³-hybridized carbons (Fsp3) is 0.316. The Morgan fingerprint density at radius 1 is 1.14 bits per heavy atom. The van der Waals surface area contributed by atoms with Gasteiger partial charge in [-0.3, -0.25) is 4.79 Å². The molecule has 1 amide bonds. The second-order valence-electron chi connectivity index (χ2n) is 6.63. The zero-order chi connectivity index (χ0) is 20.8. The van der Waals surface area contributed by atoms with Crippen molar-refractivity contribution in [1.29, 1.82) is 0 Å². The molecule has 0 aliphatic carbocycles. The van der Waals surface area contributed by atoms with Crippen molar-refractivity contribution in [3.05, 3.63) is 46.7 Å². The summed E-state index contributed by atoms with van der Waals surface area (Å²) in [7, 11) is 5.61. The topological polar surface area (TPSA) is 93.5 Å². The molecule has 0 N–H and O–H groups in total. The molecule has 0 aliphatic heterocycles. The van der Waals surface area contributed by atoms with Crippen LogP contribution in [-0.2, 0) is 27.4 Å². The summed E-state index contributed by atoms with van der Waals surface area (Å²) >= 11 is 1.52. The Kier molecular flexibility index (Phi) is 6.55. The number of likely N-dealkylation sites (N-methyl/N-ethyl adjacent to an activating group) is 1. The molecule has 10 heteroatoms. The van der Waals surface area contributed by atoms with Gasteiger partial charge >= 0.3 is 5.97 Å². The molecule has 0 radical (unpaired) electrons. The fourth-order valence-corrected chi connectivity index (χ4v) is 3.13. The number of nitrogens with zero attached hydrogens (tertiary/aromatic N) is 6. The Balaban J connectivity index is 1.45. The standard InChI is InChI=1S/C19H22N6O3S/c1-23(2)16-6-4-14(5-7-16)10-24(3)17(26)12-28-18(27)11-25-21-19(20-22-25)15-8-9-29-13-15/h4-9,13H,10-12H2,1-3H3. The second-order valence-corrected chi connectivity index (χ2v) is 7.41. The molecule has 0 fully saturated rings. The second kappa shape index (κ2) is 9.28. The predicted molar refractivity (Wildman–Crippen MR) is 109 cm³/mol. The fourth-order valence-electron chi connectivity index (χ4n) is 2.49. The highest BCUT2D eigenvalue weighted by atomic mass is 32.1. The molecule has 1 aromatic carbocycles. The minimum absolute atomic E-state index is 0.208. The highest BCUT2D eigenvalue weighted by Gasteiger charge is 2.15. The molecular formula is C19H22N6O3S. The van der Waals surface area contributed by atoms with E-state index in [2.05, 4.69) is 15.4 Å². The van der Waals surface area contributed by atoms with Crippen LogP contribution < -0.4 is 4.90 Å². The van der Waals surface area contributed by atoms with Gasteiger partial charge in [0.2, 0.25) is 5.82 Å². The maximum absolute atomic E-state index is 12.2. The maximum Gasteiger partial charge on any atom is 0.330 e. The molecule has 9 nitrogen and oxygen atoms in total. The molecule has 3 aromatic rings. The number of tetrazole rings is 1. The Bertz CT molecular complexity index is 953. The van der Waals surface area contributed by atoms with E-state index in [0.717, 1.165) is 21.6 Å². The van der Waals surface area contributed by atoms with Gasteiger partial charge in [0, 0.05) is 44.3 Å². The van der Waals surface area contributed by atoms with Crippen molar-refractivity contribution in [2.45, 2.75) is 13.1 Å². The third-order valence-electron chi connectivity index (χ3n) is 4.16. The third-order valence-corrected chi connectivity index (χ3v) is 4.84. The van der Waals surface area contributed by atoms with Gasteiger partial charge in [-0.25, -0.2) is 4.79 Å². The number of hydrogen-bond donors (Lipinski definition) is 0. The van der Waals surface area contributed by atoms with Gasteiger partial charge in [-0.1, -0.05) is 12.1 Å². The van der Waals surface area contributed by atoms with E-state index in [9.17, 15) is 9.59 Å². The Morgan fingerprint density at radius 3 is 2.55 bits per heavy atom. The number of esters is 1. The molecule has 0 spiro atoms. The molecule has 0 unspecified atom stereocenters. The Labute approximate surface area is 172 Å². The number of aromatic nitrogens is 4. The largest absolute Gasteiger partial charge is 0.454 e. The van der Waals surface area contributed by atoms with Gasteiger partial charge in [0.25, 0.3) is 5.91 Å². The summed E-state index contributed by atoms with van der Waals surface area (Å²) in [6.07, 6.45) is 0. The van der Waals surface area contributed by atoms with Crippen LogP contribution in [0.3, 0.4) is 0 Å². The summed E-state index contributed by atoms with van der Waals surface area (Å²) in [5, 5.41) is 15.7. The first-order valence-electron chi connectivity index (χ1n) is 8.88.